The highest BCUT2D eigenvalue weighted by molar-refractivity contribution is 5.77. The summed E-state index contributed by atoms with van der Waals surface area (Å²) in [6, 6.07) is 6.75. The highest BCUT2D eigenvalue weighted by Crippen LogP contribution is 2.33. The van der Waals surface area contributed by atoms with Crippen LogP contribution in [0.1, 0.15) is 31.7 Å². The minimum atomic E-state index is -0.311. The van der Waals surface area contributed by atoms with Crippen LogP contribution in [0.25, 0.3) is 29.4 Å². The third kappa shape index (κ3) is 3.99. The van der Waals surface area contributed by atoms with Crippen LogP contribution in [0.15, 0.2) is 29.8 Å². The number of allylic oxidation sites excluding steroid dienone is 1. The molecule has 1 saturated heterocycles. The Labute approximate surface area is 171 Å². The van der Waals surface area contributed by atoms with E-state index < -0.39 is 0 Å². The maximum Gasteiger partial charge on any atom is 0.133 e. The molecule has 0 saturated carbocycles. The molecule has 4 rings (SSSR count). The van der Waals surface area contributed by atoms with Gasteiger partial charge in [0.2, 0.25) is 0 Å². The second-order valence-corrected chi connectivity index (χ2v) is 8.30. The van der Waals surface area contributed by atoms with Crippen molar-refractivity contribution in [1.29, 1.82) is 0 Å². The number of hydrogen-bond donors (Lipinski definition) is 1. The van der Waals surface area contributed by atoms with Crippen LogP contribution in [0, 0.1) is 17.6 Å². The zero-order valence-corrected chi connectivity index (χ0v) is 17.4. The highest BCUT2D eigenvalue weighted by Gasteiger charge is 2.18. The van der Waals surface area contributed by atoms with E-state index in [9.17, 15) is 4.39 Å². The fraction of sp³-hybridized carbons (Fsp3) is 0.360. The Morgan fingerprint density at radius 2 is 1.69 bits per heavy atom. The van der Waals surface area contributed by atoms with E-state index in [2.05, 4.69) is 18.3 Å². The molecule has 4 heteroatoms. The summed E-state index contributed by atoms with van der Waals surface area (Å²) in [6.07, 6.45) is 9.02. The summed E-state index contributed by atoms with van der Waals surface area (Å²) in [6.45, 7) is 4.10. The summed E-state index contributed by atoms with van der Waals surface area (Å²) in [7, 11) is 3.80. The van der Waals surface area contributed by atoms with Crippen molar-refractivity contribution < 1.29 is 8.78 Å². The van der Waals surface area contributed by atoms with Gasteiger partial charge in [0.15, 0.2) is 0 Å². The lowest BCUT2D eigenvalue weighted by atomic mass is 9.89. The van der Waals surface area contributed by atoms with E-state index in [0.29, 0.717) is 22.6 Å². The van der Waals surface area contributed by atoms with Crippen LogP contribution in [0.3, 0.4) is 0 Å². The predicted octanol–water partition coefficient (Wildman–Crippen LogP) is 4.07. The summed E-state index contributed by atoms with van der Waals surface area (Å²) < 4.78 is 30.0. The molecule has 2 aromatic rings. The summed E-state index contributed by atoms with van der Waals surface area (Å²) >= 11 is 0. The maximum atomic E-state index is 15.3. The van der Waals surface area contributed by atoms with Crippen LogP contribution < -0.4 is 20.7 Å². The number of nitrogens with one attached hydrogen (secondary N) is 1. The first-order valence-electron chi connectivity index (χ1n) is 10.3. The number of benzene rings is 2. The zero-order valence-electron chi connectivity index (χ0n) is 17.4. The van der Waals surface area contributed by atoms with E-state index in [0.717, 1.165) is 48.5 Å². The van der Waals surface area contributed by atoms with E-state index in [4.69, 9.17) is 0 Å². The Bertz CT molecular complexity index is 1080. The smallest absolute Gasteiger partial charge is 0.133 e. The van der Waals surface area contributed by atoms with Gasteiger partial charge < -0.3 is 10.2 Å². The van der Waals surface area contributed by atoms with E-state index in [1.54, 1.807) is 6.07 Å². The van der Waals surface area contributed by atoms with Gasteiger partial charge in [0, 0.05) is 30.9 Å². The molecular weight excluding hydrogens is 366 g/mol. The van der Waals surface area contributed by atoms with E-state index in [1.165, 1.54) is 11.6 Å². The van der Waals surface area contributed by atoms with Crippen LogP contribution in [0.5, 0.6) is 0 Å². The molecule has 1 aliphatic heterocycles. The molecule has 2 nitrogen and oxygen atoms in total. The number of halogens is 2. The molecule has 0 aromatic heterocycles. The standard InChI is InChI=1S/C25H28F2N2/c1-16(17-7-9-28-10-8-17)11-22-24(27)14-20(15-25(22)29(2)3)21-12-18-5-4-6-19(18)13-23(21)26/h5-6,11-15,17,28H,4,7-10H2,1-3H3/b16-11+. The number of piperidine rings is 1. The summed E-state index contributed by atoms with van der Waals surface area (Å²) in [5.74, 6) is -0.144. The van der Waals surface area contributed by atoms with Gasteiger partial charge in [0.1, 0.15) is 11.6 Å². The van der Waals surface area contributed by atoms with Gasteiger partial charge in [-0.2, -0.15) is 0 Å². The number of nitrogens with zero attached hydrogens (tertiary/aromatic N) is 1. The molecule has 1 aliphatic carbocycles. The first-order valence-corrected chi connectivity index (χ1v) is 10.3. The Hall–Kier alpha value is -2.46. The van der Waals surface area contributed by atoms with Gasteiger partial charge in [-0.05, 0) is 85.5 Å². The molecule has 0 unspecified atom stereocenters. The average molecular weight is 395 g/mol. The lowest BCUT2D eigenvalue weighted by Crippen LogP contribution is -2.28. The number of anilines is 1. The maximum absolute atomic E-state index is 15.3. The Morgan fingerprint density at radius 3 is 2.38 bits per heavy atom. The molecule has 0 bridgehead atoms. The van der Waals surface area contributed by atoms with Crippen molar-refractivity contribution in [3.63, 3.8) is 0 Å². The molecule has 152 valence electrons. The number of fused-ring (bicyclic) bond motifs is 1. The fourth-order valence-electron chi connectivity index (χ4n) is 4.39. The normalized spacial score (nSPS) is 16.9. The number of rotatable bonds is 4. The molecule has 29 heavy (non-hydrogen) atoms. The molecule has 2 aliphatic rings. The van der Waals surface area contributed by atoms with Crippen molar-refractivity contribution in [3.8, 4) is 11.1 Å². The van der Waals surface area contributed by atoms with E-state index in [1.807, 2.05) is 43.3 Å². The fourth-order valence-corrected chi connectivity index (χ4v) is 4.39. The summed E-state index contributed by atoms with van der Waals surface area (Å²) in [5.41, 5.74) is 3.57. The molecule has 0 amide bonds. The first-order chi connectivity index (χ1) is 13.9. The van der Waals surface area contributed by atoms with Crippen molar-refractivity contribution in [3.05, 3.63) is 57.5 Å². The largest absolute Gasteiger partial charge is 0.377 e. The Balaban J connectivity index is 1.79. The minimum absolute atomic E-state index is 0.310. The van der Waals surface area contributed by atoms with Crippen LogP contribution >= 0.6 is 0 Å². The van der Waals surface area contributed by atoms with E-state index >= 15 is 4.39 Å². The van der Waals surface area contributed by atoms with Crippen LogP contribution in [-0.2, 0) is 0 Å². The van der Waals surface area contributed by atoms with Gasteiger partial charge in [-0.15, -0.1) is 0 Å². The minimum Gasteiger partial charge on any atom is -0.377 e. The third-order valence-electron chi connectivity index (χ3n) is 6.10. The third-order valence-corrected chi connectivity index (χ3v) is 6.10. The molecule has 1 fully saturated rings. The van der Waals surface area contributed by atoms with Crippen molar-refractivity contribution in [1.82, 2.24) is 5.32 Å². The monoisotopic (exact) mass is 394 g/mol. The Morgan fingerprint density at radius 1 is 1.00 bits per heavy atom. The SMILES string of the molecule is C/C(=C\c1c(F)cc(-c2cc3c(cc2F)=CCC=3)cc1N(C)C)C1CCNCC1. The first kappa shape index (κ1) is 19.8. The predicted molar refractivity (Wildman–Crippen MR) is 118 cm³/mol. The van der Waals surface area contributed by atoms with E-state index in [-0.39, 0.29) is 11.6 Å². The lowest BCUT2D eigenvalue weighted by molar-refractivity contribution is 0.421. The average Bonchev–Trinajstić information content (AvgIpc) is 3.16. The molecular formula is C25H28F2N2. The second-order valence-electron chi connectivity index (χ2n) is 8.30. The van der Waals surface area contributed by atoms with Crippen molar-refractivity contribution >= 4 is 23.9 Å². The highest BCUT2D eigenvalue weighted by atomic mass is 19.1. The van der Waals surface area contributed by atoms with Crippen LogP contribution in [0.4, 0.5) is 14.5 Å². The van der Waals surface area contributed by atoms with Gasteiger partial charge in [0.05, 0.1) is 0 Å². The quantitative estimate of drug-likeness (QED) is 0.841. The Kier molecular flexibility index (Phi) is 5.55. The summed E-state index contributed by atoms with van der Waals surface area (Å²) in [5, 5.41) is 5.30. The lowest BCUT2D eigenvalue weighted by Gasteiger charge is -2.24. The van der Waals surface area contributed by atoms with Crippen molar-refractivity contribution in [2.75, 3.05) is 32.1 Å². The van der Waals surface area contributed by atoms with Crippen LogP contribution in [0.2, 0.25) is 0 Å². The van der Waals surface area contributed by atoms with Gasteiger partial charge in [0.25, 0.3) is 0 Å². The molecule has 1 heterocycles. The van der Waals surface area contributed by atoms with Gasteiger partial charge in [-0.25, -0.2) is 8.78 Å². The van der Waals surface area contributed by atoms with Gasteiger partial charge in [-0.3, -0.25) is 0 Å². The topological polar surface area (TPSA) is 15.3 Å². The summed E-state index contributed by atoms with van der Waals surface area (Å²) in [4.78, 5) is 1.90. The molecule has 0 spiro atoms. The molecule has 0 atom stereocenters. The number of hydrogen-bond acceptors (Lipinski definition) is 2. The molecule has 0 radical (unpaired) electrons. The van der Waals surface area contributed by atoms with Gasteiger partial charge in [-0.1, -0.05) is 23.8 Å². The van der Waals surface area contributed by atoms with Crippen molar-refractivity contribution in [2.24, 2.45) is 5.92 Å². The second kappa shape index (κ2) is 8.11. The molecule has 1 N–H and O–H groups in total. The zero-order chi connectivity index (χ0) is 20.5. The van der Waals surface area contributed by atoms with Gasteiger partial charge >= 0.3 is 0 Å². The molecule has 2 aromatic carbocycles. The van der Waals surface area contributed by atoms with Crippen molar-refractivity contribution in [2.45, 2.75) is 26.2 Å². The van der Waals surface area contributed by atoms with Crippen LogP contribution in [-0.4, -0.2) is 27.2 Å².